The number of H-pyrrole nitrogens is 1. The minimum atomic E-state index is -1.79. The van der Waals surface area contributed by atoms with E-state index in [0.29, 0.717) is 24.8 Å². The summed E-state index contributed by atoms with van der Waals surface area (Å²) in [6.45, 7) is 13.7. The summed E-state index contributed by atoms with van der Waals surface area (Å²) in [6, 6.07) is 7.12. The number of aromatic nitrogens is 2. The second kappa shape index (κ2) is 8.07. The Labute approximate surface area is 161 Å². The fourth-order valence-corrected chi connectivity index (χ4v) is 3.35. The first kappa shape index (κ1) is 20.9. The number of rotatable bonds is 6. The first-order chi connectivity index (χ1) is 12.5. The summed E-state index contributed by atoms with van der Waals surface area (Å²) >= 11 is 0. The molecule has 0 aliphatic heterocycles. The molecule has 2 aromatic rings. The number of nitrogens with one attached hydrogen (secondary N) is 1. The Hall–Kier alpha value is -2.43. The zero-order valence-electron chi connectivity index (χ0n) is 16.8. The molecule has 0 saturated heterocycles. The van der Waals surface area contributed by atoms with Crippen LogP contribution < -0.4 is 10.3 Å². The Balaban J connectivity index is 2.09. The van der Waals surface area contributed by atoms with Crippen molar-refractivity contribution in [3.63, 3.8) is 0 Å². The number of ether oxygens (including phenoxy) is 1. The number of pyridine rings is 2. The molecule has 144 valence electrons. The van der Waals surface area contributed by atoms with Crippen molar-refractivity contribution in [3.8, 4) is 23.1 Å². The third-order valence-electron chi connectivity index (χ3n) is 5.01. The van der Waals surface area contributed by atoms with Crippen molar-refractivity contribution >= 4 is 8.32 Å². The molecular weight excluding hydrogens is 358 g/mol. The van der Waals surface area contributed by atoms with Crippen molar-refractivity contribution in [3.05, 3.63) is 46.0 Å². The van der Waals surface area contributed by atoms with Gasteiger partial charge in [-0.2, -0.15) is 5.26 Å². The summed E-state index contributed by atoms with van der Waals surface area (Å²) in [5.74, 6) is 0.482. The highest BCUT2D eigenvalue weighted by Crippen LogP contribution is 2.36. The van der Waals surface area contributed by atoms with Crippen LogP contribution in [0.15, 0.2) is 29.2 Å². The van der Waals surface area contributed by atoms with Gasteiger partial charge >= 0.3 is 0 Å². The van der Waals surface area contributed by atoms with Crippen LogP contribution in [0.25, 0.3) is 11.1 Å². The van der Waals surface area contributed by atoms with E-state index in [2.05, 4.69) is 43.8 Å². The van der Waals surface area contributed by atoms with Crippen molar-refractivity contribution in [1.82, 2.24) is 9.97 Å². The monoisotopic (exact) mass is 385 g/mol. The van der Waals surface area contributed by atoms with Crippen molar-refractivity contribution in [2.24, 2.45) is 0 Å². The number of hydrogen-bond donors (Lipinski definition) is 1. The van der Waals surface area contributed by atoms with Crippen LogP contribution in [-0.2, 0) is 4.43 Å². The molecule has 0 atom stereocenters. The predicted octanol–water partition coefficient (Wildman–Crippen LogP) is 4.02. The molecule has 0 aliphatic carbocycles. The van der Waals surface area contributed by atoms with Crippen molar-refractivity contribution in [1.29, 1.82) is 5.26 Å². The molecule has 0 spiro atoms. The highest BCUT2D eigenvalue weighted by atomic mass is 28.4. The maximum absolute atomic E-state index is 11.7. The summed E-state index contributed by atoms with van der Waals surface area (Å²) in [6.07, 6.45) is 1.65. The highest BCUT2D eigenvalue weighted by Gasteiger charge is 2.36. The Bertz CT molecular complexity index is 908. The van der Waals surface area contributed by atoms with E-state index < -0.39 is 8.32 Å². The van der Waals surface area contributed by atoms with Crippen LogP contribution in [0.5, 0.6) is 5.88 Å². The third kappa shape index (κ3) is 5.06. The van der Waals surface area contributed by atoms with Crippen LogP contribution >= 0.6 is 0 Å². The SMILES string of the molecule is Cc1[nH]c(=O)c(C#N)cc1-c1ccnc(OCCO[Si](C)(C)C(C)(C)C)c1. The van der Waals surface area contributed by atoms with Gasteiger partial charge in [-0.05, 0) is 42.8 Å². The molecule has 0 aromatic carbocycles. The summed E-state index contributed by atoms with van der Waals surface area (Å²) < 4.78 is 11.8. The second-order valence-electron chi connectivity index (χ2n) is 8.00. The zero-order chi connectivity index (χ0) is 20.2. The van der Waals surface area contributed by atoms with E-state index in [-0.39, 0.29) is 16.2 Å². The Kier molecular flexibility index (Phi) is 6.24. The lowest BCUT2D eigenvalue weighted by molar-refractivity contribution is 0.199. The topological polar surface area (TPSA) is 88.0 Å². The molecule has 7 heteroatoms. The first-order valence-electron chi connectivity index (χ1n) is 8.92. The van der Waals surface area contributed by atoms with Gasteiger partial charge in [0.05, 0.1) is 6.61 Å². The molecule has 0 fully saturated rings. The van der Waals surface area contributed by atoms with Gasteiger partial charge in [-0.15, -0.1) is 0 Å². The van der Waals surface area contributed by atoms with E-state index in [0.717, 1.165) is 11.1 Å². The lowest BCUT2D eigenvalue weighted by Gasteiger charge is -2.36. The molecule has 0 radical (unpaired) electrons. The Morgan fingerprint density at radius 2 is 1.96 bits per heavy atom. The minimum absolute atomic E-state index is 0.0812. The molecule has 0 saturated carbocycles. The van der Waals surface area contributed by atoms with Crippen molar-refractivity contribution < 1.29 is 9.16 Å². The van der Waals surface area contributed by atoms with E-state index in [1.165, 1.54) is 0 Å². The molecule has 1 N–H and O–H groups in total. The predicted molar refractivity (Wildman–Crippen MR) is 108 cm³/mol. The molecule has 2 heterocycles. The van der Waals surface area contributed by atoms with E-state index >= 15 is 0 Å². The molecule has 2 rings (SSSR count). The van der Waals surface area contributed by atoms with E-state index in [4.69, 9.17) is 14.4 Å². The molecule has 27 heavy (non-hydrogen) atoms. The third-order valence-corrected chi connectivity index (χ3v) is 9.55. The van der Waals surface area contributed by atoms with Gasteiger partial charge in [-0.3, -0.25) is 4.79 Å². The summed E-state index contributed by atoms with van der Waals surface area (Å²) in [7, 11) is -1.79. The van der Waals surface area contributed by atoms with Gasteiger partial charge in [-0.25, -0.2) is 4.98 Å². The van der Waals surface area contributed by atoms with Crippen LogP contribution in [0.1, 0.15) is 32.0 Å². The normalized spacial score (nSPS) is 11.9. The van der Waals surface area contributed by atoms with Gasteiger partial charge in [-0.1, -0.05) is 20.8 Å². The minimum Gasteiger partial charge on any atom is -0.475 e. The smallest absolute Gasteiger partial charge is 0.266 e. The number of nitriles is 1. The van der Waals surface area contributed by atoms with E-state index in [9.17, 15) is 4.79 Å². The number of nitrogens with zero attached hydrogens (tertiary/aromatic N) is 2. The Morgan fingerprint density at radius 1 is 1.26 bits per heavy atom. The molecule has 0 bridgehead atoms. The van der Waals surface area contributed by atoms with E-state index in [1.54, 1.807) is 25.3 Å². The van der Waals surface area contributed by atoms with Crippen LogP contribution in [0, 0.1) is 18.3 Å². The maximum atomic E-state index is 11.7. The molecule has 0 unspecified atom stereocenters. The fourth-order valence-electron chi connectivity index (χ4n) is 2.32. The average Bonchev–Trinajstić information content (AvgIpc) is 2.58. The Morgan fingerprint density at radius 3 is 2.59 bits per heavy atom. The lowest BCUT2D eigenvalue weighted by atomic mass is 10.0. The maximum Gasteiger partial charge on any atom is 0.266 e. The van der Waals surface area contributed by atoms with Crippen LogP contribution in [0.2, 0.25) is 18.1 Å². The van der Waals surface area contributed by atoms with Crippen molar-refractivity contribution in [2.75, 3.05) is 13.2 Å². The number of aromatic amines is 1. The van der Waals surface area contributed by atoms with Gasteiger partial charge in [0.25, 0.3) is 5.56 Å². The zero-order valence-corrected chi connectivity index (χ0v) is 17.8. The molecule has 0 amide bonds. The molecule has 0 aliphatic rings. The van der Waals surface area contributed by atoms with Gasteiger partial charge in [0, 0.05) is 23.5 Å². The molecule has 6 nitrogen and oxygen atoms in total. The standard InChI is InChI=1S/C20H27N3O3Si/c1-14-17(11-16(13-21)19(24)23-14)15-7-8-22-18(12-15)25-9-10-26-27(5,6)20(2,3)4/h7-8,11-12H,9-10H2,1-6H3,(H,23,24). The number of aryl methyl sites for hydroxylation is 1. The van der Waals surface area contributed by atoms with Crippen molar-refractivity contribution in [2.45, 2.75) is 45.8 Å². The quantitative estimate of drug-likeness (QED) is 0.599. The lowest BCUT2D eigenvalue weighted by Crippen LogP contribution is -2.41. The van der Waals surface area contributed by atoms with Crippen LogP contribution in [0.3, 0.4) is 0 Å². The van der Waals surface area contributed by atoms with Gasteiger partial charge in [0.1, 0.15) is 18.2 Å². The largest absolute Gasteiger partial charge is 0.475 e. The second-order valence-corrected chi connectivity index (χ2v) is 12.8. The summed E-state index contributed by atoms with van der Waals surface area (Å²) in [4.78, 5) is 18.7. The fraction of sp³-hybridized carbons (Fsp3) is 0.450. The molecule has 2 aromatic heterocycles. The van der Waals surface area contributed by atoms with Gasteiger partial charge in [0.2, 0.25) is 5.88 Å². The molecular formula is C20H27N3O3Si. The summed E-state index contributed by atoms with van der Waals surface area (Å²) in [5, 5.41) is 9.24. The number of hydrogen-bond acceptors (Lipinski definition) is 5. The van der Waals surface area contributed by atoms with Crippen LogP contribution in [-0.4, -0.2) is 31.5 Å². The summed E-state index contributed by atoms with van der Waals surface area (Å²) in [5.41, 5.74) is 1.99. The average molecular weight is 386 g/mol. The van der Waals surface area contributed by atoms with Crippen LogP contribution in [0.4, 0.5) is 0 Å². The van der Waals surface area contributed by atoms with Gasteiger partial charge in [0.15, 0.2) is 8.32 Å². The van der Waals surface area contributed by atoms with Gasteiger partial charge < -0.3 is 14.1 Å². The highest BCUT2D eigenvalue weighted by molar-refractivity contribution is 6.74. The van der Waals surface area contributed by atoms with E-state index in [1.807, 2.05) is 12.1 Å². The first-order valence-corrected chi connectivity index (χ1v) is 11.8.